The molecule has 2 aromatic rings. The van der Waals surface area contributed by atoms with Crippen LogP contribution in [-0.4, -0.2) is 7.05 Å². The molecule has 1 N–H and O–H groups in total. The summed E-state index contributed by atoms with van der Waals surface area (Å²) < 4.78 is 5.75. The quantitative estimate of drug-likeness (QED) is 0.887. The molecule has 0 spiro atoms. The molecule has 0 radical (unpaired) electrons. The molecule has 0 saturated carbocycles. The molecule has 0 saturated heterocycles. The van der Waals surface area contributed by atoms with Gasteiger partial charge in [-0.2, -0.15) is 0 Å². The van der Waals surface area contributed by atoms with Gasteiger partial charge in [-0.25, -0.2) is 0 Å². The van der Waals surface area contributed by atoms with Gasteiger partial charge in [-0.05, 0) is 42.4 Å². The van der Waals surface area contributed by atoms with E-state index < -0.39 is 0 Å². The highest BCUT2D eigenvalue weighted by Gasteiger charge is 1.98. The molecular formula is C15H16ClNO. The van der Waals surface area contributed by atoms with Gasteiger partial charge in [0.1, 0.15) is 12.4 Å². The van der Waals surface area contributed by atoms with Gasteiger partial charge in [0.15, 0.2) is 0 Å². The Bertz CT molecular complexity index is 496. The van der Waals surface area contributed by atoms with E-state index in [2.05, 4.69) is 11.4 Å². The molecule has 94 valence electrons. The zero-order valence-electron chi connectivity index (χ0n) is 10.3. The number of hydrogen-bond acceptors (Lipinski definition) is 2. The third kappa shape index (κ3) is 3.76. The van der Waals surface area contributed by atoms with Crippen LogP contribution in [0.15, 0.2) is 48.5 Å². The fourth-order valence-corrected chi connectivity index (χ4v) is 1.82. The van der Waals surface area contributed by atoms with E-state index in [0.29, 0.717) is 6.61 Å². The van der Waals surface area contributed by atoms with E-state index in [4.69, 9.17) is 16.3 Å². The zero-order valence-corrected chi connectivity index (χ0v) is 11.1. The van der Waals surface area contributed by atoms with Crippen molar-refractivity contribution in [3.63, 3.8) is 0 Å². The maximum atomic E-state index is 5.84. The van der Waals surface area contributed by atoms with Crippen molar-refractivity contribution < 1.29 is 4.74 Å². The van der Waals surface area contributed by atoms with Gasteiger partial charge in [0.05, 0.1) is 0 Å². The van der Waals surface area contributed by atoms with Gasteiger partial charge in [-0.3, -0.25) is 0 Å². The van der Waals surface area contributed by atoms with Crippen molar-refractivity contribution in [1.29, 1.82) is 0 Å². The molecule has 2 nitrogen and oxygen atoms in total. The Morgan fingerprint density at radius 1 is 1.06 bits per heavy atom. The van der Waals surface area contributed by atoms with Gasteiger partial charge >= 0.3 is 0 Å². The molecule has 0 aliphatic carbocycles. The van der Waals surface area contributed by atoms with Crippen LogP contribution in [-0.2, 0) is 13.2 Å². The normalized spacial score (nSPS) is 10.3. The molecule has 0 heterocycles. The van der Waals surface area contributed by atoms with Crippen molar-refractivity contribution in [2.75, 3.05) is 7.05 Å². The summed E-state index contributed by atoms with van der Waals surface area (Å²) in [6.07, 6.45) is 0. The average molecular weight is 262 g/mol. The lowest BCUT2D eigenvalue weighted by Gasteiger charge is -2.08. The minimum absolute atomic E-state index is 0.556. The third-order valence-electron chi connectivity index (χ3n) is 2.60. The Kier molecular flexibility index (Phi) is 4.62. The van der Waals surface area contributed by atoms with Crippen molar-refractivity contribution >= 4 is 11.6 Å². The Morgan fingerprint density at radius 2 is 1.83 bits per heavy atom. The maximum Gasteiger partial charge on any atom is 0.120 e. The Balaban J connectivity index is 1.97. The zero-order chi connectivity index (χ0) is 12.8. The number of benzene rings is 2. The van der Waals surface area contributed by atoms with Crippen LogP contribution < -0.4 is 10.1 Å². The lowest BCUT2D eigenvalue weighted by atomic mass is 10.2. The van der Waals surface area contributed by atoms with Gasteiger partial charge in [0.2, 0.25) is 0 Å². The summed E-state index contributed by atoms with van der Waals surface area (Å²) >= 11 is 5.84. The number of ether oxygens (including phenoxy) is 1. The average Bonchev–Trinajstić information content (AvgIpc) is 2.39. The molecule has 0 amide bonds. The Morgan fingerprint density at radius 3 is 2.56 bits per heavy atom. The largest absolute Gasteiger partial charge is 0.489 e. The number of rotatable bonds is 5. The molecule has 0 atom stereocenters. The van der Waals surface area contributed by atoms with Gasteiger partial charge in [-0.15, -0.1) is 0 Å². The van der Waals surface area contributed by atoms with Crippen LogP contribution in [0, 0.1) is 0 Å². The first-order chi connectivity index (χ1) is 8.78. The van der Waals surface area contributed by atoms with Gasteiger partial charge in [-0.1, -0.05) is 35.9 Å². The van der Waals surface area contributed by atoms with Crippen molar-refractivity contribution in [2.24, 2.45) is 0 Å². The monoisotopic (exact) mass is 261 g/mol. The van der Waals surface area contributed by atoms with Crippen LogP contribution in [0.5, 0.6) is 5.75 Å². The molecule has 0 fully saturated rings. The molecule has 0 bridgehead atoms. The summed E-state index contributed by atoms with van der Waals surface area (Å²) in [4.78, 5) is 0. The van der Waals surface area contributed by atoms with E-state index in [9.17, 15) is 0 Å². The van der Waals surface area contributed by atoms with Crippen LogP contribution >= 0.6 is 11.6 Å². The highest BCUT2D eigenvalue weighted by molar-refractivity contribution is 6.30. The van der Waals surface area contributed by atoms with Crippen LogP contribution in [0.3, 0.4) is 0 Å². The van der Waals surface area contributed by atoms with Gasteiger partial charge < -0.3 is 10.1 Å². The number of halogens is 1. The Labute approximate surface area is 113 Å². The number of nitrogens with one attached hydrogen (secondary N) is 1. The fourth-order valence-electron chi connectivity index (χ4n) is 1.70. The Hall–Kier alpha value is -1.51. The van der Waals surface area contributed by atoms with Crippen molar-refractivity contribution in [3.8, 4) is 5.75 Å². The second-order valence-electron chi connectivity index (χ2n) is 4.09. The topological polar surface area (TPSA) is 21.3 Å². The highest BCUT2D eigenvalue weighted by atomic mass is 35.5. The highest BCUT2D eigenvalue weighted by Crippen LogP contribution is 2.16. The molecular weight excluding hydrogens is 246 g/mol. The SMILES string of the molecule is CNCc1cccc(OCc2ccc(Cl)cc2)c1. The fraction of sp³-hybridized carbons (Fsp3) is 0.200. The molecule has 2 aromatic carbocycles. The van der Waals surface area contributed by atoms with Crippen molar-refractivity contribution in [3.05, 3.63) is 64.7 Å². The van der Waals surface area contributed by atoms with E-state index in [1.807, 2.05) is 49.5 Å². The minimum atomic E-state index is 0.556. The lowest BCUT2D eigenvalue weighted by molar-refractivity contribution is 0.306. The first-order valence-corrected chi connectivity index (χ1v) is 6.26. The van der Waals surface area contributed by atoms with Crippen LogP contribution in [0.4, 0.5) is 0 Å². The van der Waals surface area contributed by atoms with E-state index in [-0.39, 0.29) is 0 Å². The predicted octanol–water partition coefficient (Wildman–Crippen LogP) is 3.64. The second-order valence-corrected chi connectivity index (χ2v) is 4.53. The summed E-state index contributed by atoms with van der Waals surface area (Å²) in [5.41, 5.74) is 2.32. The van der Waals surface area contributed by atoms with E-state index >= 15 is 0 Å². The predicted molar refractivity (Wildman–Crippen MR) is 75.0 cm³/mol. The van der Waals surface area contributed by atoms with Crippen LogP contribution in [0.1, 0.15) is 11.1 Å². The van der Waals surface area contributed by atoms with Crippen LogP contribution in [0.25, 0.3) is 0 Å². The maximum absolute atomic E-state index is 5.84. The standard InChI is InChI=1S/C15H16ClNO/c1-17-10-13-3-2-4-15(9-13)18-11-12-5-7-14(16)8-6-12/h2-9,17H,10-11H2,1H3. The lowest BCUT2D eigenvalue weighted by Crippen LogP contribution is -2.05. The molecule has 18 heavy (non-hydrogen) atoms. The summed E-state index contributed by atoms with van der Waals surface area (Å²) in [6, 6.07) is 15.8. The molecule has 2 rings (SSSR count). The molecule has 0 aromatic heterocycles. The third-order valence-corrected chi connectivity index (χ3v) is 2.85. The minimum Gasteiger partial charge on any atom is -0.489 e. The van der Waals surface area contributed by atoms with Gasteiger partial charge in [0.25, 0.3) is 0 Å². The summed E-state index contributed by atoms with van der Waals surface area (Å²) in [5.74, 6) is 0.887. The molecule has 0 aliphatic rings. The molecule has 0 unspecified atom stereocenters. The second kappa shape index (κ2) is 6.43. The first kappa shape index (κ1) is 12.9. The van der Waals surface area contributed by atoms with Crippen molar-refractivity contribution in [2.45, 2.75) is 13.2 Å². The van der Waals surface area contributed by atoms with Crippen LogP contribution in [0.2, 0.25) is 5.02 Å². The number of hydrogen-bond donors (Lipinski definition) is 1. The van der Waals surface area contributed by atoms with E-state index in [1.54, 1.807) is 0 Å². The summed E-state index contributed by atoms with van der Waals surface area (Å²) in [7, 11) is 1.93. The molecule has 0 aliphatic heterocycles. The molecule has 3 heteroatoms. The first-order valence-electron chi connectivity index (χ1n) is 5.89. The summed E-state index contributed by atoms with van der Waals surface area (Å²) in [6.45, 7) is 1.40. The van der Waals surface area contributed by atoms with E-state index in [0.717, 1.165) is 22.9 Å². The van der Waals surface area contributed by atoms with E-state index in [1.165, 1.54) is 5.56 Å². The van der Waals surface area contributed by atoms with Crippen molar-refractivity contribution in [1.82, 2.24) is 5.32 Å². The van der Waals surface area contributed by atoms with Gasteiger partial charge in [0, 0.05) is 11.6 Å². The smallest absolute Gasteiger partial charge is 0.120 e. The summed E-state index contributed by atoms with van der Waals surface area (Å²) in [5, 5.41) is 3.87.